The van der Waals surface area contributed by atoms with Gasteiger partial charge in [-0.25, -0.2) is 4.98 Å². The number of hydrogen-bond donors (Lipinski definition) is 1. The summed E-state index contributed by atoms with van der Waals surface area (Å²) in [7, 11) is 1.63. The summed E-state index contributed by atoms with van der Waals surface area (Å²) in [5.74, 6) is 1.40. The van der Waals surface area contributed by atoms with Crippen LogP contribution in [0.3, 0.4) is 0 Å². The molecule has 1 aromatic heterocycles. The maximum Gasteiger partial charge on any atom is 0.213 e. The van der Waals surface area contributed by atoms with Gasteiger partial charge in [0.15, 0.2) is 0 Å². The van der Waals surface area contributed by atoms with Gasteiger partial charge in [0.2, 0.25) is 5.88 Å². The summed E-state index contributed by atoms with van der Waals surface area (Å²) in [6.07, 6.45) is 2.20. The number of nitrogens with one attached hydrogen (secondary N) is 1. The molecule has 3 nitrogen and oxygen atoms in total. The third-order valence-corrected chi connectivity index (χ3v) is 3.15. The zero-order valence-electron chi connectivity index (χ0n) is 11.5. The lowest BCUT2D eigenvalue weighted by Gasteiger charge is -2.24. The fraction of sp³-hybridized carbons (Fsp3) is 0.643. The van der Waals surface area contributed by atoms with E-state index in [0.717, 1.165) is 37.5 Å². The highest BCUT2D eigenvalue weighted by atomic mass is 35.5. The molecule has 0 aliphatic rings. The van der Waals surface area contributed by atoms with Crippen LogP contribution < -0.4 is 10.1 Å². The molecule has 0 spiro atoms. The van der Waals surface area contributed by atoms with Crippen molar-refractivity contribution in [3.63, 3.8) is 0 Å². The van der Waals surface area contributed by atoms with Gasteiger partial charge in [-0.05, 0) is 24.3 Å². The third-order valence-electron chi connectivity index (χ3n) is 2.89. The fourth-order valence-corrected chi connectivity index (χ4v) is 1.97. The molecular formula is C14H23ClN2O. The van der Waals surface area contributed by atoms with Crippen molar-refractivity contribution in [1.82, 2.24) is 10.3 Å². The lowest BCUT2D eigenvalue weighted by Crippen LogP contribution is -2.29. The number of rotatable bonds is 8. The normalized spacial score (nSPS) is 11.6. The highest BCUT2D eigenvalue weighted by Crippen LogP contribution is 2.21. The van der Waals surface area contributed by atoms with E-state index >= 15 is 0 Å². The average molecular weight is 271 g/mol. The van der Waals surface area contributed by atoms with Gasteiger partial charge in [-0.3, -0.25) is 0 Å². The van der Waals surface area contributed by atoms with E-state index in [9.17, 15) is 0 Å². The van der Waals surface area contributed by atoms with Gasteiger partial charge < -0.3 is 10.1 Å². The summed E-state index contributed by atoms with van der Waals surface area (Å²) in [6, 6.07) is 5.82. The number of halogens is 1. The number of ether oxygens (including phenoxy) is 1. The van der Waals surface area contributed by atoms with Crippen LogP contribution in [0.1, 0.15) is 32.4 Å². The molecule has 0 atom stereocenters. The molecule has 0 aliphatic heterocycles. The summed E-state index contributed by atoms with van der Waals surface area (Å²) in [5, 5.41) is 3.44. The number of nitrogens with zero attached hydrogens (tertiary/aromatic N) is 1. The Kier molecular flexibility index (Phi) is 6.44. The van der Waals surface area contributed by atoms with Crippen LogP contribution in [0, 0.1) is 5.41 Å². The highest BCUT2D eigenvalue weighted by molar-refractivity contribution is 6.17. The first-order valence-electron chi connectivity index (χ1n) is 6.34. The van der Waals surface area contributed by atoms with Crippen LogP contribution in [0.4, 0.5) is 0 Å². The first kappa shape index (κ1) is 15.3. The molecule has 4 heteroatoms. The smallest absolute Gasteiger partial charge is 0.213 e. The SMILES string of the molecule is COc1cccc(CNCC(C)(C)CCCCl)n1. The molecular weight excluding hydrogens is 248 g/mol. The van der Waals surface area contributed by atoms with Crippen molar-refractivity contribution in [1.29, 1.82) is 0 Å². The minimum atomic E-state index is 0.272. The van der Waals surface area contributed by atoms with Crippen LogP contribution in [-0.4, -0.2) is 24.5 Å². The number of aromatic nitrogens is 1. The van der Waals surface area contributed by atoms with E-state index in [-0.39, 0.29) is 5.41 Å². The quantitative estimate of drug-likeness (QED) is 0.737. The first-order valence-corrected chi connectivity index (χ1v) is 6.87. The predicted molar refractivity (Wildman–Crippen MR) is 76.2 cm³/mol. The Labute approximate surface area is 115 Å². The van der Waals surface area contributed by atoms with Crippen LogP contribution in [0.5, 0.6) is 5.88 Å². The molecule has 18 heavy (non-hydrogen) atoms. The zero-order valence-corrected chi connectivity index (χ0v) is 12.3. The molecule has 0 aliphatic carbocycles. The van der Waals surface area contributed by atoms with Gasteiger partial charge in [-0.1, -0.05) is 19.9 Å². The van der Waals surface area contributed by atoms with Crippen molar-refractivity contribution in [2.75, 3.05) is 19.5 Å². The second-order valence-electron chi connectivity index (χ2n) is 5.23. The largest absolute Gasteiger partial charge is 0.481 e. The average Bonchev–Trinajstić information content (AvgIpc) is 2.36. The molecule has 1 aromatic rings. The molecule has 0 unspecified atom stereocenters. The van der Waals surface area contributed by atoms with Gasteiger partial charge in [0.25, 0.3) is 0 Å². The Morgan fingerprint density at radius 1 is 1.39 bits per heavy atom. The first-order chi connectivity index (χ1) is 8.57. The number of hydrogen-bond acceptors (Lipinski definition) is 3. The van der Waals surface area contributed by atoms with Crippen LogP contribution >= 0.6 is 11.6 Å². The fourth-order valence-electron chi connectivity index (χ4n) is 1.83. The van der Waals surface area contributed by atoms with Crippen LogP contribution in [0.2, 0.25) is 0 Å². The zero-order chi connectivity index (χ0) is 13.4. The van der Waals surface area contributed by atoms with Crippen molar-refractivity contribution in [3.8, 4) is 5.88 Å². The lowest BCUT2D eigenvalue weighted by molar-refractivity contribution is 0.310. The van der Waals surface area contributed by atoms with E-state index in [2.05, 4.69) is 24.1 Å². The van der Waals surface area contributed by atoms with E-state index in [1.54, 1.807) is 7.11 Å². The molecule has 1 heterocycles. The molecule has 102 valence electrons. The summed E-state index contributed by atoms with van der Waals surface area (Å²) >= 11 is 5.73. The molecule has 0 radical (unpaired) electrons. The monoisotopic (exact) mass is 270 g/mol. The van der Waals surface area contributed by atoms with Gasteiger partial charge in [0, 0.05) is 25.0 Å². The van der Waals surface area contributed by atoms with Crippen molar-refractivity contribution in [2.24, 2.45) is 5.41 Å². The second kappa shape index (κ2) is 7.59. The summed E-state index contributed by atoms with van der Waals surface area (Å²) in [6.45, 7) is 6.24. The predicted octanol–water partition coefficient (Wildman–Crippen LogP) is 3.23. The molecule has 0 saturated heterocycles. The van der Waals surface area contributed by atoms with E-state index in [4.69, 9.17) is 16.3 Å². The molecule has 0 fully saturated rings. The Hall–Kier alpha value is -0.800. The number of pyridine rings is 1. The molecule has 1 rings (SSSR count). The standard InChI is InChI=1S/C14H23ClN2O/c1-14(2,8-5-9-15)11-16-10-12-6-4-7-13(17-12)18-3/h4,6-7,16H,5,8-11H2,1-3H3. The van der Waals surface area contributed by atoms with Crippen molar-refractivity contribution in [3.05, 3.63) is 23.9 Å². The number of methoxy groups -OCH3 is 1. The van der Waals surface area contributed by atoms with Crippen molar-refractivity contribution in [2.45, 2.75) is 33.2 Å². The van der Waals surface area contributed by atoms with Gasteiger partial charge >= 0.3 is 0 Å². The Morgan fingerprint density at radius 3 is 2.83 bits per heavy atom. The van der Waals surface area contributed by atoms with Gasteiger partial charge in [-0.15, -0.1) is 11.6 Å². The summed E-state index contributed by atoms with van der Waals surface area (Å²) in [5.41, 5.74) is 1.27. The van der Waals surface area contributed by atoms with Gasteiger partial charge in [-0.2, -0.15) is 0 Å². The Morgan fingerprint density at radius 2 is 2.17 bits per heavy atom. The highest BCUT2D eigenvalue weighted by Gasteiger charge is 2.16. The molecule has 0 amide bonds. The molecule has 0 saturated carbocycles. The van der Waals surface area contributed by atoms with Crippen LogP contribution in [0.15, 0.2) is 18.2 Å². The summed E-state index contributed by atoms with van der Waals surface area (Å²) < 4.78 is 5.10. The van der Waals surface area contributed by atoms with Gasteiger partial charge in [0.1, 0.15) is 0 Å². The molecule has 0 aromatic carbocycles. The summed E-state index contributed by atoms with van der Waals surface area (Å²) in [4.78, 5) is 4.37. The van der Waals surface area contributed by atoms with Gasteiger partial charge in [0.05, 0.1) is 12.8 Å². The Balaban J connectivity index is 2.36. The third kappa shape index (κ3) is 5.69. The molecule has 0 bridgehead atoms. The Bertz CT molecular complexity index is 355. The minimum Gasteiger partial charge on any atom is -0.481 e. The maximum atomic E-state index is 5.73. The van der Waals surface area contributed by atoms with Crippen LogP contribution in [-0.2, 0) is 6.54 Å². The van der Waals surface area contributed by atoms with Crippen molar-refractivity contribution < 1.29 is 4.74 Å². The van der Waals surface area contributed by atoms with Crippen LogP contribution in [0.25, 0.3) is 0 Å². The van der Waals surface area contributed by atoms with E-state index in [1.165, 1.54) is 0 Å². The maximum absolute atomic E-state index is 5.73. The molecule has 1 N–H and O–H groups in total. The van der Waals surface area contributed by atoms with E-state index in [1.807, 2.05) is 18.2 Å². The van der Waals surface area contributed by atoms with E-state index in [0.29, 0.717) is 5.88 Å². The second-order valence-corrected chi connectivity index (χ2v) is 5.61. The minimum absolute atomic E-state index is 0.272. The number of alkyl halides is 1. The lowest BCUT2D eigenvalue weighted by atomic mass is 9.88. The van der Waals surface area contributed by atoms with E-state index < -0.39 is 0 Å². The topological polar surface area (TPSA) is 34.1 Å². The van der Waals surface area contributed by atoms with Crippen molar-refractivity contribution >= 4 is 11.6 Å².